The number of benzene rings is 3. The lowest BCUT2D eigenvalue weighted by Gasteiger charge is -2.23. The van der Waals surface area contributed by atoms with E-state index in [0.717, 1.165) is 24.5 Å². The monoisotopic (exact) mass is 583 g/mol. The summed E-state index contributed by atoms with van der Waals surface area (Å²) in [5.41, 5.74) is 9.00. The van der Waals surface area contributed by atoms with Crippen LogP contribution in [0.15, 0.2) is 60.9 Å². The van der Waals surface area contributed by atoms with Gasteiger partial charge in [0.05, 0.1) is 18.8 Å². The lowest BCUT2D eigenvalue weighted by Crippen LogP contribution is -2.19. The maximum absolute atomic E-state index is 15.5. The minimum absolute atomic E-state index is 0.0290. The lowest BCUT2D eigenvalue weighted by molar-refractivity contribution is -0.0369. The van der Waals surface area contributed by atoms with Crippen molar-refractivity contribution < 1.29 is 28.1 Å². The van der Waals surface area contributed by atoms with Gasteiger partial charge in [0.2, 0.25) is 5.88 Å². The Morgan fingerprint density at radius 2 is 1.91 bits per heavy atom. The third-order valence-electron chi connectivity index (χ3n) is 7.83. The van der Waals surface area contributed by atoms with Crippen molar-refractivity contribution in [3.63, 3.8) is 0 Å². The molecule has 0 amide bonds. The number of anilines is 1. The Labute approximate surface area is 244 Å². The summed E-state index contributed by atoms with van der Waals surface area (Å²) < 4.78 is 49.5. The molecule has 0 bridgehead atoms. The Kier molecular flexibility index (Phi) is 6.66. The first kappa shape index (κ1) is 26.8. The van der Waals surface area contributed by atoms with Crippen molar-refractivity contribution in [3.05, 3.63) is 78.1 Å². The number of nitrogens with two attached hydrogens (primary N) is 1. The minimum Gasteiger partial charge on any atom is -0.506 e. The highest BCUT2D eigenvalue weighted by Gasteiger charge is 2.27. The molecule has 218 valence electrons. The van der Waals surface area contributed by atoms with Gasteiger partial charge in [-0.3, -0.25) is 4.98 Å². The standard InChI is InChI=1S/C32H27F2N5O4/c1-41-18-9-7-17(8-10-18)16-43-32-28(35)26(21-14-24(40)30-19(29(21)38-32)5-4-11-36-30)20-13-23(33)27(34)31-22(20)15-37-39(31)25-6-2-3-12-42-25/h4-5,7-11,13-15,25,40H,2-3,6,12,16,35H2,1H3. The number of fused-ring (bicyclic) bond motifs is 4. The number of hydrogen-bond acceptors (Lipinski definition) is 8. The number of pyridine rings is 2. The molecule has 3 N–H and O–H groups in total. The molecule has 0 radical (unpaired) electrons. The smallest absolute Gasteiger partial charge is 0.238 e. The van der Waals surface area contributed by atoms with E-state index < -0.39 is 17.9 Å². The maximum Gasteiger partial charge on any atom is 0.238 e. The van der Waals surface area contributed by atoms with Crippen molar-refractivity contribution in [3.8, 4) is 28.5 Å². The van der Waals surface area contributed by atoms with Gasteiger partial charge < -0.3 is 25.1 Å². The summed E-state index contributed by atoms with van der Waals surface area (Å²) in [6, 6.07) is 13.4. The van der Waals surface area contributed by atoms with E-state index in [1.807, 2.05) is 24.3 Å². The molecule has 9 nitrogen and oxygen atoms in total. The number of halogens is 2. The van der Waals surface area contributed by atoms with Crippen LogP contribution in [0, 0.1) is 11.6 Å². The molecule has 0 saturated carbocycles. The second-order valence-electron chi connectivity index (χ2n) is 10.4. The van der Waals surface area contributed by atoms with E-state index in [2.05, 4.69) is 10.1 Å². The van der Waals surface area contributed by atoms with Crippen LogP contribution in [0.5, 0.6) is 17.4 Å². The van der Waals surface area contributed by atoms with Crippen molar-refractivity contribution in [1.29, 1.82) is 0 Å². The van der Waals surface area contributed by atoms with Crippen molar-refractivity contribution in [1.82, 2.24) is 19.7 Å². The Morgan fingerprint density at radius 3 is 2.67 bits per heavy atom. The molecule has 3 aromatic carbocycles. The summed E-state index contributed by atoms with van der Waals surface area (Å²) in [7, 11) is 1.59. The fourth-order valence-electron chi connectivity index (χ4n) is 5.72. The second kappa shape index (κ2) is 10.7. The number of phenolic OH excluding ortho intramolecular Hbond substituents is 1. The number of methoxy groups -OCH3 is 1. The highest BCUT2D eigenvalue weighted by Crippen LogP contribution is 2.46. The average molecular weight is 584 g/mol. The van der Waals surface area contributed by atoms with E-state index in [0.29, 0.717) is 51.5 Å². The van der Waals surface area contributed by atoms with Crippen LogP contribution >= 0.6 is 0 Å². The molecule has 4 heterocycles. The molecule has 1 unspecified atom stereocenters. The van der Waals surface area contributed by atoms with Gasteiger partial charge in [-0.15, -0.1) is 0 Å². The average Bonchev–Trinajstić information content (AvgIpc) is 3.49. The van der Waals surface area contributed by atoms with E-state index in [4.69, 9.17) is 24.9 Å². The van der Waals surface area contributed by atoms with Gasteiger partial charge >= 0.3 is 0 Å². The Balaban J connectivity index is 1.47. The molecule has 1 saturated heterocycles. The highest BCUT2D eigenvalue weighted by molar-refractivity contribution is 6.16. The normalized spacial score (nSPS) is 15.4. The molecule has 6 aromatic rings. The van der Waals surface area contributed by atoms with Crippen LogP contribution in [-0.2, 0) is 11.3 Å². The first-order chi connectivity index (χ1) is 20.9. The van der Waals surface area contributed by atoms with Crippen LogP contribution < -0.4 is 15.2 Å². The zero-order chi connectivity index (χ0) is 29.7. The van der Waals surface area contributed by atoms with E-state index >= 15 is 8.78 Å². The van der Waals surface area contributed by atoms with Crippen molar-refractivity contribution in [2.45, 2.75) is 32.1 Å². The fourth-order valence-corrected chi connectivity index (χ4v) is 5.72. The predicted molar refractivity (Wildman–Crippen MR) is 158 cm³/mol. The zero-order valence-corrected chi connectivity index (χ0v) is 23.2. The van der Waals surface area contributed by atoms with E-state index in [-0.39, 0.29) is 35.0 Å². The maximum atomic E-state index is 15.5. The summed E-state index contributed by atoms with van der Waals surface area (Å²) in [4.78, 5) is 9.06. The fraction of sp³-hybridized carbons (Fsp3) is 0.219. The van der Waals surface area contributed by atoms with Crippen LogP contribution in [0.25, 0.3) is 43.8 Å². The number of hydrogen-bond donors (Lipinski definition) is 2. The lowest BCUT2D eigenvalue weighted by atomic mass is 9.94. The topological polar surface area (TPSA) is 118 Å². The molecular formula is C32H27F2N5O4. The third kappa shape index (κ3) is 4.52. The zero-order valence-electron chi connectivity index (χ0n) is 23.2. The molecule has 0 spiro atoms. The van der Waals surface area contributed by atoms with Crippen LogP contribution in [0.3, 0.4) is 0 Å². The van der Waals surface area contributed by atoms with Crippen LogP contribution in [0.2, 0.25) is 0 Å². The summed E-state index contributed by atoms with van der Waals surface area (Å²) in [5, 5.41) is 16.7. The van der Waals surface area contributed by atoms with Crippen molar-refractivity contribution in [2.75, 3.05) is 19.5 Å². The second-order valence-corrected chi connectivity index (χ2v) is 10.4. The van der Waals surface area contributed by atoms with E-state index in [1.54, 1.807) is 25.4 Å². The first-order valence-corrected chi connectivity index (χ1v) is 13.9. The first-order valence-electron chi connectivity index (χ1n) is 13.9. The SMILES string of the molecule is COc1ccc(COc2nc3c(cc(O)c4ncccc43)c(-c3cc(F)c(F)c4c3cnn4C3CCCCO3)c2N)cc1. The number of nitrogen functional groups attached to an aromatic ring is 1. The van der Waals surface area contributed by atoms with E-state index in [9.17, 15) is 5.11 Å². The molecule has 1 fully saturated rings. The van der Waals surface area contributed by atoms with Gasteiger partial charge in [0.15, 0.2) is 17.9 Å². The van der Waals surface area contributed by atoms with Gasteiger partial charge in [-0.1, -0.05) is 12.1 Å². The quantitative estimate of drug-likeness (QED) is 0.209. The van der Waals surface area contributed by atoms with Gasteiger partial charge in [-0.05, 0) is 66.8 Å². The Hall–Kier alpha value is -5.03. The Bertz CT molecular complexity index is 2010. The largest absolute Gasteiger partial charge is 0.506 e. The highest BCUT2D eigenvalue weighted by atomic mass is 19.2. The summed E-state index contributed by atoms with van der Waals surface area (Å²) in [6.07, 6.45) is 4.92. The molecule has 1 aliphatic rings. The minimum atomic E-state index is -1.07. The number of aromatic hydroxyl groups is 1. The molecular weight excluding hydrogens is 556 g/mol. The predicted octanol–water partition coefficient (Wildman–Crippen LogP) is 6.65. The van der Waals surface area contributed by atoms with Gasteiger partial charge in [0.1, 0.15) is 34.8 Å². The van der Waals surface area contributed by atoms with Crippen LogP contribution in [0.4, 0.5) is 14.5 Å². The van der Waals surface area contributed by atoms with Crippen molar-refractivity contribution in [2.24, 2.45) is 0 Å². The molecule has 7 rings (SSSR count). The molecule has 43 heavy (non-hydrogen) atoms. The van der Waals surface area contributed by atoms with Crippen LogP contribution in [0.1, 0.15) is 31.1 Å². The Morgan fingerprint density at radius 1 is 1.07 bits per heavy atom. The summed E-state index contributed by atoms with van der Waals surface area (Å²) in [6.45, 7) is 0.636. The number of nitrogens with zero attached hydrogens (tertiary/aromatic N) is 4. The molecule has 1 aliphatic heterocycles. The van der Waals surface area contributed by atoms with Gasteiger partial charge in [-0.25, -0.2) is 18.4 Å². The summed E-state index contributed by atoms with van der Waals surface area (Å²) in [5.74, 6) is -1.42. The number of rotatable bonds is 6. The van der Waals surface area contributed by atoms with Gasteiger partial charge in [-0.2, -0.15) is 5.10 Å². The van der Waals surface area contributed by atoms with E-state index in [1.165, 1.54) is 16.9 Å². The third-order valence-corrected chi connectivity index (χ3v) is 7.83. The number of aromatic nitrogens is 4. The van der Waals surface area contributed by atoms with Crippen LogP contribution in [-0.4, -0.2) is 38.6 Å². The van der Waals surface area contributed by atoms with Crippen molar-refractivity contribution >= 4 is 38.4 Å². The molecule has 3 aromatic heterocycles. The molecule has 11 heteroatoms. The van der Waals surface area contributed by atoms with Gasteiger partial charge in [0, 0.05) is 34.5 Å². The number of ether oxygens (including phenoxy) is 3. The molecule has 0 aliphatic carbocycles. The molecule has 1 atom stereocenters. The summed E-state index contributed by atoms with van der Waals surface area (Å²) >= 11 is 0. The van der Waals surface area contributed by atoms with Gasteiger partial charge in [0.25, 0.3) is 0 Å². The number of phenols is 1.